The summed E-state index contributed by atoms with van der Waals surface area (Å²) in [4.78, 5) is 45.1. The average molecular weight is 842 g/mol. The molecule has 2 aliphatic heterocycles. The number of thioether (sulfide) groups is 2. The number of phosphoric acid groups is 2. The SMILES string of the molecule is [B][P@@](=O)(OC[C@H]1O[C@@H](n2cnc3c(N)nc(SC)nc32)[C@H](O)[C@@H]1O)OP(=O)(O)OP(=O)(O)OC[C@H]1O[C@@H](n2cnc3c(N)nc(SC)nc32)[C@H](O)[C@@H]1O. The van der Waals surface area contributed by atoms with Gasteiger partial charge in [0.25, 0.3) is 7.47 Å². The molecule has 4 aromatic heterocycles. The number of ether oxygens (including phenoxy) is 2. The van der Waals surface area contributed by atoms with Gasteiger partial charge in [-0.1, -0.05) is 23.5 Å². The molecule has 288 valence electrons. The van der Waals surface area contributed by atoms with Gasteiger partial charge in [0, 0.05) is 0 Å². The fourth-order valence-electron chi connectivity index (χ4n) is 5.26. The van der Waals surface area contributed by atoms with Crippen molar-refractivity contribution in [2.24, 2.45) is 0 Å². The summed E-state index contributed by atoms with van der Waals surface area (Å²) < 4.78 is 69.7. The molecule has 31 heteroatoms. The van der Waals surface area contributed by atoms with Crippen molar-refractivity contribution < 1.29 is 71.1 Å². The second kappa shape index (κ2) is 15.3. The highest BCUT2D eigenvalue weighted by atomic mass is 32.2. The van der Waals surface area contributed by atoms with Crippen LogP contribution in [0.4, 0.5) is 11.6 Å². The third-order valence-electron chi connectivity index (χ3n) is 7.69. The highest BCUT2D eigenvalue weighted by Gasteiger charge is 2.48. The molecule has 0 aromatic carbocycles. The lowest BCUT2D eigenvalue weighted by molar-refractivity contribution is -0.0504. The lowest BCUT2D eigenvalue weighted by atomic mass is 10.1. The molecule has 0 spiro atoms. The van der Waals surface area contributed by atoms with Crippen LogP contribution in [0, 0.1) is 0 Å². The first-order chi connectivity index (χ1) is 24.8. The van der Waals surface area contributed by atoms with Gasteiger partial charge in [0.1, 0.15) is 47.7 Å². The molecule has 2 saturated heterocycles. The normalized spacial score (nSPS) is 29.7. The molecule has 53 heavy (non-hydrogen) atoms. The smallest absolute Gasteiger partial charge is 0.387 e. The topological polar surface area (TPSA) is 367 Å². The van der Waals surface area contributed by atoms with Crippen LogP contribution in [-0.2, 0) is 40.8 Å². The van der Waals surface area contributed by atoms with E-state index in [1.807, 2.05) is 0 Å². The molecule has 10 N–H and O–H groups in total. The number of hydrogen-bond acceptors (Lipinski definition) is 23. The van der Waals surface area contributed by atoms with Gasteiger partial charge in [-0.05, 0) is 12.5 Å². The summed E-state index contributed by atoms with van der Waals surface area (Å²) in [5.74, 6) is 0.0832. The van der Waals surface area contributed by atoms with E-state index >= 15 is 0 Å². The summed E-state index contributed by atoms with van der Waals surface area (Å²) in [6, 6.07) is 0. The third kappa shape index (κ3) is 8.44. The predicted molar refractivity (Wildman–Crippen MR) is 182 cm³/mol. The van der Waals surface area contributed by atoms with E-state index in [1.54, 1.807) is 12.5 Å². The van der Waals surface area contributed by atoms with Crippen molar-refractivity contribution in [3.05, 3.63) is 12.7 Å². The maximum absolute atomic E-state index is 12.8. The van der Waals surface area contributed by atoms with Gasteiger partial charge in [-0.2, -0.15) is 4.31 Å². The molecule has 0 saturated carbocycles. The summed E-state index contributed by atoms with van der Waals surface area (Å²) >= 11 is 2.35. The Labute approximate surface area is 306 Å². The Morgan fingerprint density at radius 1 is 0.736 bits per heavy atom. The maximum Gasteiger partial charge on any atom is 0.487 e. The Balaban J connectivity index is 1.04. The minimum absolute atomic E-state index is 0.0378. The molecule has 4 aromatic rings. The molecule has 11 atom stereocenters. The molecular formula is C22H30BN10O15P3S2. The summed E-state index contributed by atoms with van der Waals surface area (Å²) in [6.07, 6.45) is -6.53. The zero-order chi connectivity index (χ0) is 38.6. The first-order valence-corrected chi connectivity index (χ1v) is 21.8. The molecule has 2 aliphatic rings. The quantitative estimate of drug-likeness (QED) is 0.0328. The van der Waals surface area contributed by atoms with Gasteiger partial charge in [-0.15, -0.1) is 0 Å². The molecular weight excluding hydrogens is 812 g/mol. The molecule has 2 fully saturated rings. The zero-order valence-corrected chi connectivity index (χ0v) is 31.3. The van der Waals surface area contributed by atoms with Gasteiger partial charge in [0.15, 0.2) is 45.7 Å². The van der Waals surface area contributed by atoms with Crippen LogP contribution in [0.3, 0.4) is 0 Å². The average Bonchev–Trinajstić information content (AvgIpc) is 3.83. The fourth-order valence-corrected chi connectivity index (χ4v) is 9.65. The van der Waals surface area contributed by atoms with Crippen LogP contribution in [0.15, 0.2) is 23.0 Å². The Morgan fingerprint density at radius 2 is 1.17 bits per heavy atom. The number of aromatic nitrogens is 8. The lowest BCUT2D eigenvalue weighted by Crippen LogP contribution is -2.33. The number of nitrogens with zero attached hydrogens (tertiary/aromatic N) is 8. The number of rotatable bonds is 14. The first kappa shape index (κ1) is 40.3. The maximum atomic E-state index is 12.8. The Bertz CT molecular complexity index is 2010. The minimum Gasteiger partial charge on any atom is -0.387 e. The zero-order valence-electron chi connectivity index (χ0n) is 27.0. The van der Waals surface area contributed by atoms with E-state index in [0.717, 1.165) is 0 Å². The van der Waals surface area contributed by atoms with Crippen LogP contribution in [-0.4, -0.2) is 139 Å². The van der Waals surface area contributed by atoms with Gasteiger partial charge in [0.2, 0.25) is 7.57 Å². The van der Waals surface area contributed by atoms with E-state index in [1.165, 1.54) is 45.3 Å². The van der Waals surface area contributed by atoms with Crippen molar-refractivity contribution >= 4 is 88.2 Å². The Kier molecular flexibility index (Phi) is 11.7. The van der Waals surface area contributed by atoms with Crippen LogP contribution >= 0.6 is 46.6 Å². The standard InChI is InChI=1S/C22H30BN10O15P3S2/c1-52-21-28-15(24)9-17(30-21)32(5-26-9)19-13(36)11(34)7(45-19)3-43-49(23,38)47-51(41,42)48-50(39,40)44-4-8-12(35)14(37)20(46-8)33-6-27-10-16(25)29-22(53-2)31-18(10)33/h5-8,11-14,19-20,34-37H,3-4H2,1-2H3,(H,39,40)(H,41,42)(H2,24,28,30)(H2,25,29,31)/t7-,8-,11-,12-,13-,14-,19-,20-,49-/m1/s1. The number of hydrogen-bond donors (Lipinski definition) is 8. The monoisotopic (exact) mass is 842 g/mol. The van der Waals surface area contributed by atoms with Gasteiger partial charge in [0.05, 0.1) is 25.9 Å². The van der Waals surface area contributed by atoms with Crippen molar-refractivity contribution in [3.8, 4) is 0 Å². The van der Waals surface area contributed by atoms with Gasteiger partial charge >= 0.3 is 15.6 Å². The van der Waals surface area contributed by atoms with E-state index in [9.17, 15) is 43.9 Å². The molecule has 0 amide bonds. The lowest BCUT2D eigenvalue weighted by Gasteiger charge is -2.22. The van der Waals surface area contributed by atoms with Crippen LogP contribution < -0.4 is 11.5 Å². The van der Waals surface area contributed by atoms with E-state index in [-0.39, 0.29) is 44.3 Å². The Hall–Kier alpha value is -2.33. The van der Waals surface area contributed by atoms with Crippen LogP contribution in [0.1, 0.15) is 12.5 Å². The molecule has 25 nitrogen and oxygen atoms in total. The van der Waals surface area contributed by atoms with E-state index in [0.29, 0.717) is 0 Å². The molecule has 0 bridgehead atoms. The van der Waals surface area contributed by atoms with E-state index in [4.69, 9.17) is 33.0 Å². The number of anilines is 2. The number of imidazole rings is 2. The third-order valence-corrected chi connectivity index (χ3v) is 13.2. The molecule has 6 rings (SSSR count). The van der Waals surface area contributed by atoms with Crippen molar-refractivity contribution in [3.63, 3.8) is 0 Å². The Morgan fingerprint density at radius 3 is 1.60 bits per heavy atom. The van der Waals surface area contributed by atoms with Gasteiger partial charge < -0.3 is 55.7 Å². The second-order valence-electron chi connectivity index (χ2n) is 11.2. The minimum atomic E-state index is -5.83. The summed E-state index contributed by atoms with van der Waals surface area (Å²) in [7, 11) is -11.2. The van der Waals surface area contributed by atoms with E-state index in [2.05, 4.69) is 43.0 Å². The van der Waals surface area contributed by atoms with Crippen LogP contribution in [0.25, 0.3) is 22.3 Å². The molecule has 0 aliphatic carbocycles. The predicted octanol–water partition coefficient (Wildman–Crippen LogP) is -0.943. The fraction of sp³-hybridized carbons (Fsp3) is 0.545. The number of nitrogen functional groups attached to an aromatic ring is 2. The van der Waals surface area contributed by atoms with Crippen molar-refractivity contribution in [2.45, 2.75) is 59.4 Å². The largest absolute Gasteiger partial charge is 0.487 e. The highest BCUT2D eigenvalue weighted by molar-refractivity contribution is 7.98. The van der Waals surface area contributed by atoms with Crippen LogP contribution in [0.5, 0.6) is 0 Å². The summed E-state index contributed by atoms with van der Waals surface area (Å²) in [6.45, 7) is -1.90. The summed E-state index contributed by atoms with van der Waals surface area (Å²) in [5.41, 5.74) is 12.5. The number of aliphatic hydroxyl groups is 4. The number of aliphatic hydroxyl groups excluding tert-OH is 4. The van der Waals surface area contributed by atoms with Crippen molar-refractivity contribution in [2.75, 3.05) is 37.2 Å². The van der Waals surface area contributed by atoms with Gasteiger partial charge in [-0.25, -0.2) is 43.3 Å². The molecule has 2 unspecified atom stereocenters. The van der Waals surface area contributed by atoms with Crippen LogP contribution in [0.2, 0.25) is 0 Å². The second-order valence-corrected chi connectivity index (χ2v) is 17.5. The molecule has 2 radical (unpaired) electrons. The number of phosphoric ester groups is 1. The number of fused-ring (bicyclic) bond motifs is 2. The first-order valence-electron chi connectivity index (χ1n) is 14.7. The number of nitrogens with two attached hydrogens (primary N) is 2. The highest BCUT2D eigenvalue weighted by Crippen LogP contribution is 2.67. The van der Waals surface area contributed by atoms with Crippen molar-refractivity contribution in [1.82, 2.24) is 39.0 Å². The van der Waals surface area contributed by atoms with Crippen molar-refractivity contribution in [1.29, 1.82) is 0 Å². The van der Waals surface area contributed by atoms with E-state index < -0.39 is 85.4 Å². The molecule has 6 heterocycles. The summed E-state index contributed by atoms with van der Waals surface area (Å²) in [5, 5.41) is 43.0. The van der Waals surface area contributed by atoms with Gasteiger partial charge in [-0.3, -0.25) is 18.2 Å².